The van der Waals surface area contributed by atoms with Crippen LogP contribution >= 0.6 is 0 Å². The Labute approximate surface area is 681 Å². The van der Waals surface area contributed by atoms with Crippen molar-refractivity contribution in [2.24, 2.45) is 75.5 Å². The van der Waals surface area contributed by atoms with Crippen molar-refractivity contribution in [2.75, 3.05) is 79.2 Å². The number of carbonyl (C=O) groups is 6. The van der Waals surface area contributed by atoms with Gasteiger partial charge < -0.3 is 33.4 Å². The lowest BCUT2D eigenvalue weighted by atomic mass is 9.58. The van der Waals surface area contributed by atoms with Crippen molar-refractivity contribution in [3.63, 3.8) is 0 Å². The molecule has 114 heavy (non-hydrogen) atoms. The number of primary amides is 5. The fraction of sp³-hybridized carbons (Fsp3) is 0.608. The van der Waals surface area contributed by atoms with Crippen molar-refractivity contribution in [1.82, 2.24) is 24.5 Å². The smallest absolute Gasteiger partial charge is 0.248 e. The van der Waals surface area contributed by atoms with Crippen LogP contribution in [0, 0.1) is 46.8 Å². The van der Waals surface area contributed by atoms with E-state index in [0.717, 1.165) is 133 Å². The Balaban J connectivity index is 0.000000124. The van der Waals surface area contributed by atoms with Crippen molar-refractivity contribution in [3.05, 3.63) is 186 Å². The second-order valence-corrected chi connectivity index (χ2v) is 39.8. The number of methoxy groups -OCH3 is 1. The van der Waals surface area contributed by atoms with Crippen LogP contribution in [0.5, 0.6) is 0 Å². The number of ether oxygens (including phenoxy) is 1. The van der Waals surface area contributed by atoms with Gasteiger partial charge in [-0.1, -0.05) is 138 Å². The Hall–Kier alpha value is -7.38. The molecule has 5 aliphatic heterocycles. The first kappa shape index (κ1) is 84.5. The number of fused-ring (bicyclic) bond motifs is 20. The maximum absolute atomic E-state index is 13.1. The van der Waals surface area contributed by atoms with Gasteiger partial charge in [0.15, 0.2) is 5.78 Å². The minimum atomic E-state index is -0.426. The van der Waals surface area contributed by atoms with E-state index in [1.54, 1.807) is 13.2 Å². The number of hydrogen-bond donors (Lipinski definition) is 5. The molecular weight excluding hydrogens is 1420 g/mol. The second kappa shape index (κ2) is 32.8. The van der Waals surface area contributed by atoms with Gasteiger partial charge in [0.25, 0.3) is 0 Å². The molecule has 10 N–H and O–H groups in total. The third-order valence-electron chi connectivity index (χ3n) is 31.8. The number of rotatable bonds is 15. The largest absolute Gasteiger partial charge is 0.383 e. The van der Waals surface area contributed by atoms with Gasteiger partial charge in [0.2, 0.25) is 29.5 Å². The zero-order valence-electron chi connectivity index (χ0n) is 71.8. The number of carbonyl (C=O) groups excluding carboxylic acids is 6. The van der Waals surface area contributed by atoms with Crippen LogP contribution in [0.1, 0.15) is 280 Å². The normalized spacial score (nSPS) is 31.7. The lowest BCUT2D eigenvalue weighted by molar-refractivity contribution is 0.0114. The fourth-order valence-corrected chi connectivity index (χ4v) is 23.1. The van der Waals surface area contributed by atoms with Crippen LogP contribution in [-0.2, 0) is 57.5 Å². The van der Waals surface area contributed by atoms with Crippen LogP contribution in [0.25, 0.3) is 0 Å². The predicted octanol–water partition coefficient (Wildman–Crippen LogP) is 14.1. The summed E-state index contributed by atoms with van der Waals surface area (Å²) in [5.74, 6) is 2.86. The van der Waals surface area contributed by atoms with E-state index in [4.69, 9.17) is 33.4 Å². The van der Waals surface area contributed by atoms with Crippen LogP contribution in [0.15, 0.2) is 103 Å². The molecule has 17 heteroatoms. The number of piperidine rings is 5. The summed E-state index contributed by atoms with van der Waals surface area (Å²) in [5, 5.41) is 0. The third-order valence-corrected chi connectivity index (χ3v) is 31.8. The lowest BCUT2D eigenvalue weighted by Gasteiger charge is -2.55. The zero-order valence-corrected chi connectivity index (χ0v) is 71.8. The van der Waals surface area contributed by atoms with Gasteiger partial charge in [0.05, 0.1) is 12.6 Å². The van der Waals surface area contributed by atoms with Crippen LogP contribution in [0.3, 0.4) is 0 Å². The van der Waals surface area contributed by atoms with E-state index in [1.165, 1.54) is 102 Å². The number of amides is 5. The molecule has 7 fully saturated rings. The van der Waals surface area contributed by atoms with Crippen molar-refractivity contribution in [3.8, 4) is 0 Å². The SMILES string of the molecule is CC(C)=CCN1CC[C@]2(C)c3cc(C(N)=O)ccc3C[C@@H]1[C@@H]2C.COCCN1CC[C@@]2(C)c3cc(C(N)=O)ccc3C[C@@H]1[C@@H]2C.C[C@H]1[C@H]2C(=O)c3ccc(C(N)=O)cc3[C@@]1(C)CCN2CC1CC1.C[C@H]1[C@H]2Cc3ccc(C(N)=O)cc3[C@]1(C)CCN2CC(C)(C)C.C[C@H]1[C@H]2Cc3ccc(C(N)=O)cc3[C@]1(C)CCN2CC1CCC1. The van der Waals surface area contributed by atoms with Crippen molar-refractivity contribution in [1.29, 1.82) is 0 Å². The minimum Gasteiger partial charge on any atom is -0.383 e. The van der Waals surface area contributed by atoms with Gasteiger partial charge in [-0.15, -0.1) is 0 Å². The topological polar surface area (TPSA) is 258 Å². The first-order chi connectivity index (χ1) is 53.8. The molecular formula is C97H136N10O7. The van der Waals surface area contributed by atoms with E-state index < -0.39 is 5.91 Å². The van der Waals surface area contributed by atoms with Crippen LogP contribution in [0.2, 0.25) is 0 Å². The van der Waals surface area contributed by atoms with Gasteiger partial charge in [-0.05, 0) is 315 Å². The number of ketones is 1. The molecule has 10 bridgehead atoms. The Bertz CT molecular complexity index is 4510. The molecule has 5 heterocycles. The van der Waals surface area contributed by atoms with Gasteiger partial charge >= 0.3 is 0 Å². The van der Waals surface area contributed by atoms with Crippen molar-refractivity contribution < 1.29 is 33.5 Å². The highest BCUT2D eigenvalue weighted by Crippen LogP contribution is 2.55. The Morgan fingerprint density at radius 1 is 0.439 bits per heavy atom. The Kier molecular flexibility index (Phi) is 24.4. The van der Waals surface area contributed by atoms with Gasteiger partial charge in [0, 0.05) is 97.4 Å². The average Bonchev–Trinajstić information content (AvgIpc) is 0.882. The molecule has 15 atom stereocenters. The van der Waals surface area contributed by atoms with Crippen LogP contribution in [-0.4, -0.2) is 169 Å². The molecule has 0 aromatic heterocycles. The van der Waals surface area contributed by atoms with Crippen molar-refractivity contribution in [2.45, 2.75) is 251 Å². The number of hydrogen-bond acceptors (Lipinski definition) is 12. The van der Waals surface area contributed by atoms with Gasteiger partial charge in [-0.2, -0.15) is 0 Å². The highest BCUT2D eigenvalue weighted by molar-refractivity contribution is 6.05. The number of Topliss-reactive ketones (excluding diaryl/α,β-unsaturated/α-hetero) is 1. The van der Waals surface area contributed by atoms with Gasteiger partial charge in [-0.3, -0.25) is 53.3 Å². The summed E-state index contributed by atoms with van der Waals surface area (Å²) in [6.07, 6.45) is 19.2. The molecule has 0 unspecified atom stereocenters. The van der Waals surface area contributed by atoms with Crippen molar-refractivity contribution >= 4 is 35.3 Å². The molecule has 0 spiro atoms. The van der Waals surface area contributed by atoms with Crippen LogP contribution < -0.4 is 28.7 Å². The first-order valence-electron chi connectivity index (χ1n) is 43.4. The summed E-state index contributed by atoms with van der Waals surface area (Å²) < 4.78 is 5.26. The highest BCUT2D eigenvalue weighted by atomic mass is 16.5. The molecule has 7 aliphatic carbocycles. The molecule has 5 amide bonds. The number of nitrogens with two attached hydrogens (primary N) is 5. The van der Waals surface area contributed by atoms with E-state index in [-0.39, 0.29) is 68.4 Å². The number of likely N-dealkylation sites (tertiary alicyclic amines) is 5. The first-order valence-corrected chi connectivity index (χ1v) is 43.4. The predicted molar refractivity (Wildman–Crippen MR) is 457 cm³/mol. The van der Waals surface area contributed by atoms with E-state index in [2.05, 4.69) is 177 Å². The van der Waals surface area contributed by atoms with E-state index in [1.807, 2.05) is 42.5 Å². The minimum absolute atomic E-state index is 0.0127. The number of benzene rings is 5. The monoisotopic (exact) mass is 1550 g/mol. The standard InChI is InChI=1S/C20H28N2O.C20H30N2O.C20H28N2O.C19H24N2O2.C18H26N2O2/c1-13-18-11-15-6-7-16(19(21)23)10-17(15)20(13,2)8-9-22(18)12-14-4-3-5-14;1-13-17-11-14-6-7-15(18(21)23)10-16(14)20(13,5)8-9-22(17)12-19(2,3)4;1-13(2)7-9-22-10-8-20(4)14(3)18(22)12-15-5-6-16(19(21)23)11-17(15)20;1-11-16-17(22)14-6-5-13(18(20)23)9-15(14)19(11,2)7-8-21(16)10-12-3-4-12;1-12-16-11-13-4-5-14(17(19)21)10-15(13)18(12,2)6-7-20(16)8-9-22-3/h6-7,10,13-14,18H,3-5,8-9,11-12H2,1-2H3,(H2,21,23);6-7,10,13,17H,8-9,11-12H2,1-5H3,(H2,21,23);5-7,11,14,18H,8-10,12H2,1-4H3,(H2,21,23);5-6,9,11-12,16H,3-4,7-8,10H2,1-2H3,(H2,20,23);4-5,10,12,16H,6-9,11H2,1-3H3,(H2,19,21)/t13-,18+,20+;13-,17+,20+;14-,18+,20-;11-,16-,19-;12-,16+,18+/m00000/s1. The van der Waals surface area contributed by atoms with E-state index in [0.29, 0.717) is 81.1 Å². The molecule has 5 aromatic rings. The van der Waals surface area contributed by atoms with Gasteiger partial charge in [0.1, 0.15) is 0 Å². The maximum Gasteiger partial charge on any atom is 0.248 e. The Morgan fingerprint density at radius 3 is 1.13 bits per heavy atom. The molecule has 17 nitrogen and oxygen atoms in total. The van der Waals surface area contributed by atoms with E-state index in [9.17, 15) is 28.8 Å². The molecule has 12 aliphatic rings. The lowest BCUT2D eigenvalue weighted by Crippen LogP contribution is -2.61. The number of allylic oxidation sites excluding steroid dienone is 1. The molecule has 17 rings (SSSR count). The highest BCUT2D eigenvalue weighted by Gasteiger charge is 2.56. The van der Waals surface area contributed by atoms with Gasteiger partial charge in [-0.25, -0.2) is 0 Å². The summed E-state index contributed by atoms with van der Waals surface area (Å²) in [6, 6.07) is 32.0. The molecule has 2 saturated carbocycles. The zero-order chi connectivity index (χ0) is 82.2. The Morgan fingerprint density at radius 2 is 0.763 bits per heavy atom. The summed E-state index contributed by atoms with van der Waals surface area (Å²) >= 11 is 0. The average molecular weight is 1550 g/mol. The summed E-state index contributed by atoms with van der Waals surface area (Å²) in [6.45, 7) is 46.6. The molecule has 5 aromatic carbocycles. The summed E-state index contributed by atoms with van der Waals surface area (Å²) in [5.41, 5.74) is 45.6. The maximum atomic E-state index is 13.1. The van der Waals surface area contributed by atoms with Crippen LogP contribution in [0.4, 0.5) is 0 Å². The number of nitrogens with zero attached hydrogens (tertiary/aromatic N) is 5. The second-order valence-electron chi connectivity index (χ2n) is 39.8. The fourth-order valence-electron chi connectivity index (χ4n) is 23.1. The summed E-state index contributed by atoms with van der Waals surface area (Å²) in [7, 11) is 1.76. The summed E-state index contributed by atoms with van der Waals surface area (Å²) in [4.78, 5) is 83.9. The third kappa shape index (κ3) is 16.3. The molecule has 5 saturated heterocycles. The quantitative estimate of drug-likeness (QED) is 0.0613. The van der Waals surface area contributed by atoms with E-state index >= 15 is 0 Å². The molecule has 616 valence electrons. The molecule has 0 radical (unpaired) electrons.